The van der Waals surface area contributed by atoms with Crippen LogP contribution in [0.25, 0.3) is 10.8 Å². The minimum Gasteiger partial charge on any atom is -0.506 e. The summed E-state index contributed by atoms with van der Waals surface area (Å²) in [5.74, 6) is -3.15. The van der Waals surface area contributed by atoms with Crippen LogP contribution in [0, 0.1) is 4.91 Å². The molecular weight excluding hydrogens is 840 g/mol. The second-order valence-corrected chi connectivity index (χ2v) is 17.0. The number of rotatable bonds is 14. The summed E-state index contributed by atoms with van der Waals surface area (Å²) in [4.78, 5) is 20.6. The smallest absolute Gasteiger partial charge is 0.397 e. The van der Waals surface area contributed by atoms with E-state index in [-0.39, 0.29) is 22.2 Å². The molecule has 0 bridgehead atoms. The number of phenols is 2. The predicted octanol–water partition coefficient (Wildman–Crippen LogP) is 4.48. The Morgan fingerprint density at radius 3 is 2.00 bits per heavy atom. The topological polar surface area (TPSA) is 364 Å². The summed E-state index contributed by atoms with van der Waals surface area (Å²) in [5, 5.41) is 35.4. The first-order chi connectivity index (χ1) is 25.5. The minimum atomic E-state index is -5.26. The zero-order valence-electron chi connectivity index (χ0n) is 26.7. The van der Waals surface area contributed by atoms with Crippen LogP contribution in [0.5, 0.6) is 11.5 Å². The van der Waals surface area contributed by atoms with Crippen molar-refractivity contribution in [2.75, 3.05) is 23.0 Å². The molecule has 290 valence electrons. The number of nitrogens with one attached hydrogen (secondary N) is 2. The maximum Gasteiger partial charge on any atom is 0.397 e. The Hall–Kier alpha value is -5.52. The maximum atomic E-state index is 12.5. The van der Waals surface area contributed by atoms with Crippen LogP contribution >= 0.6 is 11.6 Å². The highest BCUT2D eigenvalue weighted by Crippen LogP contribution is 2.46. The van der Waals surface area contributed by atoms with Crippen LogP contribution in [0.4, 0.5) is 40.3 Å². The van der Waals surface area contributed by atoms with Gasteiger partial charge in [-0.25, -0.2) is 12.6 Å². The molecule has 0 saturated heterocycles. The number of aromatic hydroxyl groups is 2. The van der Waals surface area contributed by atoms with Gasteiger partial charge in [0, 0.05) is 11.1 Å². The molecule has 0 unspecified atom stereocenters. The molecule has 0 aliphatic heterocycles. The molecule has 0 saturated carbocycles. The lowest BCUT2D eigenvalue weighted by Gasteiger charge is -2.15. The van der Waals surface area contributed by atoms with Crippen molar-refractivity contribution in [1.29, 1.82) is 0 Å². The van der Waals surface area contributed by atoms with Crippen LogP contribution in [-0.4, -0.2) is 84.9 Å². The molecule has 0 aliphatic rings. The fourth-order valence-corrected chi connectivity index (χ4v) is 7.43. The van der Waals surface area contributed by atoms with E-state index < -0.39 is 113 Å². The molecule has 0 fully saturated rings. The summed E-state index contributed by atoms with van der Waals surface area (Å²) in [6, 6.07) is 10.1. The molecule has 1 heterocycles. The molecule has 0 atom stereocenters. The Morgan fingerprint density at radius 1 is 0.745 bits per heavy atom. The molecule has 4 aromatic carbocycles. The van der Waals surface area contributed by atoms with Gasteiger partial charge in [-0.3, -0.25) is 13.7 Å². The molecule has 0 radical (unpaired) electrons. The molecule has 28 heteroatoms. The lowest BCUT2D eigenvalue weighted by Crippen LogP contribution is -2.15. The molecule has 1 aromatic heterocycles. The van der Waals surface area contributed by atoms with Crippen molar-refractivity contribution < 1.29 is 61.7 Å². The van der Waals surface area contributed by atoms with Crippen molar-refractivity contribution in [2.24, 2.45) is 15.4 Å². The van der Waals surface area contributed by atoms with Crippen molar-refractivity contribution in [1.82, 2.24) is 15.0 Å². The van der Waals surface area contributed by atoms with Crippen molar-refractivity contribution in [3.8, 4) is 11.5 Å². The number of sulfone groups is 1. The van der Waals surface area contributed by atoms with E-state index in [9.17, 15) is 57.9 Å². The third-order valence-electron chi connectivity index (χ3n) is 6.93. The first-order valence-corrected chi connectivity index (χ1v) is 20.6. The average molecular weight is 861 g/mol. The van der Waals surface area contributed by atoms with E-state index in [1.807, 2.05) is 0 Å². The van der Waals surface area contributed by atoms with E-state index in [0.29, 0.717) is 6.07 Å². The number of anilines is 4. The van der Waals surface area contributed by atoms with Crippen LogP contribution in [0.2, 0.25) is 5.28 Å². The highest BCUT2D eigenvalue weighted by molar-refractivity contribution is 7.91. The van der Waals surface area contributed by atoms with Crippen LogP contribution in [0.1, 0.15) is 0 Å². The number of hydrogen-bond donors (Lipinski definition) is 7. The van der Waals surface area contributed by atoms with E-state index >= 15 is 0 Å². The van der Waals surface area contributed by atoms with Gasteiger partial charge in [0.15, 0.2) is 15.6 Å². The van der Waals surface area contributed by atoms with Crippen molar-refractivity contribution in [3.05, 3.63) is 70.9 Å². The Kier molecular flexibility index (Phi) is 11.3. The lowest BCUT2D eigenvalue weighted by molar-refractivity contribution is 0.284. The second kappa shape index (κ2) is 15.3. The number of aromatic nitrogens is 3. The Labute approximate surface area is 314 Å². The van der Waals surface area contributed by atoms with Crippen LogP contribution in [-0.2, 0) is 44.7 Å². The number of azo groups is 1. The van der Waals surface area contributed by atoms with E-state index in [1.54, 1.807) is 0 Å². The number of phenolic OH excluding ortho intramolecular Hbond substituents is 2. The van der Waals surface area contributed by atoms with Gasteiger partial charge in [-0.1, -0.05) is 0 Å². The summed E-state index contributed by atoms with van der Waals surface area (Å²) in [7, 11) is -19.2. The van der Waals surface area contributed by atoms with Gasteiger partial charge >= 0.3 is 10.4 Å². The molecule has 5 rings (SSSR count). The van der Waals surface area contributed by atoms with Gasteiger partial charge in [-0.2, -0.15) is 40.2 Å². The predicted molar refractivity (Wildman–Crippen MR) is 190 cm³/mol. The van der Waals surface area contributed by atoms with E-state index in [4.69, 9.17) is 16.2 Å². The third-order valence-corrected chi connectivity index (χ3v) is 11.0. The van der Waals surface area contributed by atoms with Crippen LogP contribution in [0.15, 0.2) is 90.8 Å². The fourth-order valence-electron chi connectivity index (χ4n) is 4.58. The Balaban J connectivity index is 1.56. The normalized spacial score (nSPS) is 12.6. The lowest BCUT2D eigenvalue weighted by atomic mass is 10.1. The van der Waals surface area contributed by atoms with Crippen molar-refractivity contribution in [3.63, 3.8) is 0 Å². The van der Waals surface area contributed by atoms with Crippen LogP contribution < -0.4 is 10.6 Å². The summed E-state index contributed by atoms with van der Waals surface area (Å²) >= 11 is 6.08. The molecule has 0 amide bonds. The first-order valence-electron chi connectivity index (χ1n) is 14.3. The number of benzene rings is 4. The van der Waals surface area contributed by atoms with Crippen molar-refractivity contribution >= 4 is 103 Å². The monoisotopic (exact) mass is 860 g/mol. The van der Waals surface area contributed by atoms with E-state index in [2.05, 4.69) is 45.2 Å². The number of nitrogens with zero attached hydrogens (tertiary/aromatic N) is 6. The van der Waals surface area contributed by atoms with Gasteiger partial charge in [0.05, 0.1) is 27.8 Å². The summed E-state index contributed by atoms with van der Waals surface area (Å²) < 4.78 is 128. The Morgan fingerprint density at radius 2 is 1.40 bits per heavy atom. The molecular formula is C27H21ClN8O15S4. The largest absolute Gasteiger partial charge is 0.506 e. The van der Waals surface area contributed by atoms with Gasteiger partial charge in [0.25, 0.3) is 20.2 Å². The van der Waals surface area contributed by atoms with Crippen LogP contribution in [0.3, 0.4) is 0 Å². The molecule has 23 nitrogen and oxygen atoms in total. The van der Waals surface area contributed by atoms with Gasteiger partial charge in [-0.05, 0) is 82.8 Å². The van der Waals surface area contributed by atoms with E-state index in [0.717, 1.165) is 42.5 Å². The minimum absolute atomic E-state index is 0.172. The maximum absolute atomic E-state index is 12.5. The SMILES string of the molecule is O=Nc1ccc(O)c(/N=N/c2c(S(=O)(=O)O)cc3cc(S(=O)(=O)O)cc(Nc4nc(Cl)nc(Nc5ccc(S(=O)(=O)CCOS(=O)(=O)O)cc5)n4)c3c2O)c1. The third kappa shape index (κ3) is 9.97. The highest BCUT2D eigenvalue weighted by Gasteiger charge is 2.26. The zero-order valence-corrected chi connectivity index (χ0v) is 30.7. The van der Waals surface area contributed by atoms with E-state index in [1.165, 1.54) is 12.1 Å². The molecule has 7 N–H and O–H groups in total. The van der Waals surface area contributed by atoms with Gasteiger partial charge in [0.2, 0.25) is 17.2 Å². The van der Waals surface area contributed by atoms with Gasteiger partial charge in [-0.15, -0.1) is 15.1 Å². The zero-order chi connectivity index (χ0) is 40.5. The summed E-state index contributed by atoms with van der Waals surface area (Å²) in [6.07, 6.45) is 0. The molecule has 55 heavy (non-hydrogen) atoms. The van der Waals surface area contributed by atoms with Gasteiger partial charge < -0.3 is 20.8 Å². The Bertz CT molecular complexity index is 2840. The number of halogens is 1. The first kappa shape index (κ1) is 40.7. The quantitative estimate of drug-likeness (QED) is 0.0459. The molecule has 5 aromatic rings. The average Bonchev–Trinajstić information content (AvgIpc) is 3.06. The number of fused-ring (bicyclic) bond motifs is 1. The number of nitroso groups, excluding NO2 is 1. The fraction of sp³-hybridized carbons (Fsp3) is 0.0741. The second-order valence-electron chi connectivity index (χ2n) is 10.6. The highest BCUT2D eigenvalue weighted by atomic mass is 35.5. The van der Waals surface area contributed by atoms with Crippen molar-refractivity contribution in [2.45, 2.75) is 14.7 Å². The molecule has 0 spiro atoms. The number of hydrogen-bond acceptors (Lipinski definition) is 20. The molecule has 0 aliphatic carbocycles. The summed E-state index contributed by atoms with van der Waals surface area (Å²) in [5.41, 5.74) is -1.83. The van der Waals surface area contributed by atoms with Gasteiger partial charge in [0.1, 0.15) is 27.7 Å². The standard InChI is InChI=1S/C27H21ClN8O15S4/c28-25-31-26(29-14-1-4-16(5-2-14)52(40,41)8-7-51-55(48,49)50)33-27(32-25)30-19-12-17(53(42,43)44)9-13-10-21(54(45,46)47)23(24(38)22(13)19)35-34-18-11-15(36-39)3-6-20(18)37/h1-6,9-12,37-38H,7-8H2,(H,42,43,44)(H,45,46,47)(H,48,49,50)(H2,29,30,31,32,33)/b35-34+. The summed E-state index contributed by atoms with van der Waals surface area (Å²) in [6.45, 7) is -0.854.